The fourth-order valence-corrected chi connectivity index (χ4v) is 3.30. The lowest BCUT2D eigenvalue weighted by Crippen LogP contribution is -2.32. The standard InChI is InChI=1S/C21H23NO6/c1-3-27-15-9-7-14(8-10-15)18-17(19(23)16-6-4-13-28-16)20(24)21(25)22(18)11-5-12-26-2/h4,6-10,13,18,24H,3,5,11-12H2,1-2H3. The quantitative estimate of drug-likeness (QED) is 0.526. The number of methoxy groups -OCH3 is 1. The zero-order valence-corrected chi connectivity index (χ0v) is 15.9. The summed E-state index contributed by atoms with van der Waals surface area (Å²) >= 11 is 0. The fraction of sp³-hybridized carbons (Fsp3) is 0.333. The molecule has 0 saturated heterocycles. The highest BCUT2D eigenvalue weighted by Gasteiger charge is 2.44. The molecule has 1 N–H and O–H groups in total. The first-order valence-electron chi connectivity index (χ1n) is 9.12. The fourth-order valence-electron chi connectivity index (χ4n) is 3.30. The summed E-state index contributed by atoms with van der Waals surface area (Å²) in [5.74, 6) is -0.871. The summed E-state index contributed by atoms with van der Waals surface area (Å²) in [7, 11) is 1.58. The number of ketones is 1. The third-order valence-electron chi connectivity index (χ3n) is 4.55. The Labute approximate surface area is 163 Å². The highest BCUT2D eigenvalue weighted by molar-refractivity contribution is 6.15. The normalized spacial score (nSPS) is 16.7. The monoisotopic (exact) mass is 385 g/mol. The Balaban J connectivity index is 1.99. The molecular formula is C21H23NO6. The van der Waals surface area contributed by atoms with Gasteiger partial charge in [0.2, 0.25) is 5.78 Å². The number of furan rings is 1. The number of aliphatic hydroxyl groups excluding tert-OH is 1. The zero-order valence-electron chi connectivity index (χ0n) is 15.9. The summed E-state index contributed by atoms with van der Waals surface area (Å²) in [6.07, 6.45) is 1.95. The summed E-state index contributed by atoms with van der Waals surface area (Å²) in [6.45, 7) is 3.22. The molecular weight excluding hydrogens is 362 g/mol. The Morgan fingerprint density at radius 2 is 2.00 bits per heavy atom. The van der Waals surface area contributed by atoms with Crippen LogP contribution in [0.15, 0.2) is 58.4 Å². The molecule has 1 atom stereocenters. The molecule has 0 saturated carbocycles. The number of carbonyl (C=O) groups excluding carboxylic acids is 2. The SMILES string of the molecule is CCOc1ccc(C2C(C(=O)c3ccco3)=C(O)C(=O)N2CCCOC)cc1. The number of rotatable bonds is 9. The maximum atomic E-state index is 13.0. The first-order valence-corrected chi connectivity index (χ1v) is 9.12. The molecule has 1 unspecified atom stereocenters. The lowest BCUT2D eigenvalue weighted by molar-refractivity contribution is -0.129. The van der Waals surface area contributed by atoms with Gasteiger partial charge < -0.3 is 23.9 Å². The highest BCUT2D eigenvalue weighted by Crippen LogP contribution is 2.39. The van der Waals surface area contributed by atoms with Gasteiger partial charge in [-0.3, -0.25) is 9.59 Å². The van der Waals surface area contributed by atoms with E-state index in [0.717, 1.165) is 0 Å². The maximum Gasteiger partial charge on any atom is 0.290 e. The molecule has 148 valence electrons. The third kappa shape index (κ3) is 3.80. The molecule has 0 radical (unpaired) electrons. The van der Waals surface area contributed by atoms with E-state index < -0.39 is 23.5 Å². The summed E-state index contributed by atoms with van der Waals surface area (Å²) in [4.78, 5) is 27.1. The van der Waals surface area contributed by atoms with Crippen LogP contribution in [0.5, 0.6) is 5.75 Å². The summed E-state index contributed by atoms with van der Waals surface area (Å²) in [5, 5.41) is 10.5. The Hall–Kier alpha value is -3.06. The molecule has 0 aliphatic carbocycles. The largest absolute Gasteiger partial charge is 0.503 e. The molecule has 2 aromatic rings. The molecule has 3 rings (SSSR count). The van der Waals surface area contributed by atoms with E-state index in [2.05, 4.69) is 0 Å². The third-order valence-corrected chi connectivity index (χ3v) is 4.55. The average Bonchev–Trinajstić information content (AvgIpc) is 3.32. The molecule has 1 amide bonds. The van der Waals surface area contributed by atoms with Gasteiger partial charge >= 0.3 is 0 Å². The van der Waals surface area contributed by atoms with E-state index in [-0.39, 0.29) is 11.3 Å². The number of aliphatic hydroxyl groups is 1. The zero-order chi connectivity index (χ0) is 20.1. The van der Waals surface area contributed by atoms with Gasteiger partial charge in [-0.1, -0.05) is 12.1 Å². The van der Waals surface area contributed by atoms with Gasteiger partial charge in [0.1, 0.15) is 5.75 Å². The molecule has 1 aromatic carbocycles. The minimum atomic E-state index is -0.711. The number of benzene rings is 1. The van der Waals surface area contributed by atoms with Crippen molar-refractivity contribution in [2.75, 3.05) is 26.9 Å². The smallest absolute Gasteiger partial charge is 0.290 e. The molecule has 2 heterocycles. The second-order valence-electron chi connectivity index (χ2n) is 6.32. The summed E-state index contributed by atoms with van der Waals surface area (Å²) < 4.78 is 15.7. The molecule has 1 aromatic heterocycles. The van der Waals surface area contributed by atoms with Crippen molar-refractivity contribution in [3.8, 4) is 5.75 Å². The van der Waals surface area contributed by atoms with Crippen LogP contribution >= 0.6 is 0 Å². The van der Waals surface area contributed by atoms with Crippen molar-refractivity contribution < 1.29 is 28.6 Å². The first-order chi connectivity index (χ1) is 13.6. The van der Waals surface area contributed by atoms with Crippen LogP contribution in [0.1, 0.15) is 35.5 Å². The minimum absolute atomic E-state index is 0.0153. The Bertz CT molecular complexity index is 854. The predicted octanol–water partition coefficient (Wildman–Crippen LogP) is 3.29. The van der Waals surface area contributed by atoms with Gasteiger partial charge in [-0.2, -0.15) is 0 Å². The maximum absolute atomic E-state index is 13.0. The minimum Gasteiger partial charge on any atom is -0.503 e. The number of amides is 1. The number of ether oxygens (including phenoxy) is 2. The van der Waals surface area contributed by atoms with E-state index in [1.807, 2.05) is 6.92 Å². The van der Waals surface area contributed by atoms with Crippen molar-refractivity contribution in [2.45, 2.75) is 19.4 Å². The van der Waals surface area contributed by atoms with E-state index >= 15 is 0 Å². The van der Waals surface area contributed by atoms with Crippen LogP contribution in [0.3, 0.4) is 0 Å². The molecule has 28 heavy (non-hydrogen) atoms. The summed E-state index contributed by atoms with van der Waals surface area (Å²) in [5.41, 5.74) is 0.717. The topological polar surface area (TPSA) is 89.2 Å². The van der Waals surface area contributed by atoms with Crippen LogP contribution in [0.2, 0.25) is 0 Å². The second kappa shape index (κ2) is 8.75. The van der Waals surface area contributed by atoms with Crippen LogP contribution in [0, 0.1) is 0 Å². The van der Waals surface area contributed by atoms with E-state index in [1.54, 1.807) is 37.4 Å². The molecule has 7 heteroatoms. The van der Waals surface area contributed by atoms with Crippen LogP contribution < -0.4 is 4.74 Å². The molecule has 0 spiro atoms. The molecule has 7 nitrogen and oxygen atoms in total. The van der Waals surface area contributed by atoms with Gasteiger partial charge in [0.15, 0.2) is 11.5 Å². The molecule has 0 fully saturated rings. The Morgan fingerprint density at radius 1 is 1.25 bits per heavy atom. The van der Waals surface area contributed by atoms with Crippen molar-refractivity contribution >= 4 is 11.7 Å². The van der Waals surface area contributed by atoms with E-state index in [0.29, 0.717) is 37.5 Å². The molecule has 0 bridgehead atoms. The van der Waals surface area contributed by atoms with Crippen LogP contribution in [-0.4, -0.2) is 48.6 Å². The average molecular weight is 385 g/mol. The lowest BCUT2D eigenvalue weighted by atomic mass is 9.95. The van der Waals surface area contributed by atoms with Gasteiger partial charge in [0.05, 0.1) is 24.5 Å². The highest BCUT2D eigenvalue weighted by atomic mass is 16.5. The van der Waals surface area contributed by atoms with Crippen molar-refractivity contribution in [2.24, 2.45) is 0 Å². The van der Waals surface area contributed by atoms with Crippen LogP contribution in [0.25, 0.3) is 0 Å². The summed E-state index contributed by atoms with van der Waals surface area (Å²) in [6, 6.07) is 9.53. The van der Waals surface area contributed by atoms with E-state index in [1.165, 1.54) is 17.2 Å². The number of carbonyl (C=O) groups is 2. The Morgan fingerprint density at radius 3 is 2.61 bits per heavy atom. The van der Waals surface area contributed by atoms with Gasteiger partial charge in [0.25, 0.3) is 5.91 Å². The number of hydrogen-bond donors (Lipinski definition) is 1. The molecule has 1 aliphatic rings. The number of Topliss-reactive ketones (excluding diaryl/α,β-unsaturated/α-hetero) is 1. The van der Waals surface area contributed by atoms with Crippen molar-refractivity contribution in [1.29, 1.82) is 0 Å². The van der Waals surface area contributed by atoms with Crippen LogP contribution in [-0.2, 0) is 9.53 Å². The van der Waals surface area contributed by atoms with Crippen LogP contribution in [0.4, 0.5) is 0 Å². The van der Waals surface area contributed by atoms with E-state index in [9.17, 15) is 14.7 Å². The lowest BCUT2D eigenvalue weighted by Gasteiger charge is -2.26. The van der Waals surface area contributed by atoms with Crippen molar-refractivity contribution in [3.63, 3.8) is 0 Å². The second-order valence-corrected chi connectivity index (χ2v) is 6.32. The van der Waals surface area contributed by atoms with Crippen molar-refractivity contribution in [1.82, 2.24) is 4.90 Å². The Kier molecular flexibility index (Phi) is 6.16. The predicted molar refractivity (Wildman–Crippen MR) is 101 cm³/mol. The molecule has 1 aliphatic heterocycles. The number of hydrogen-bond acceptors (Lipinski definition) is 6. The van der Waals surface area contributed by atoms with Gasteiger partial charge in [-0.25, -0.2) is 0 Å². The number of nitrogens with zero attached hydrogens (tertiary/aromatic N) is 1. The van der Waals surface area contributed by atoms with Gasteiger partial charge in [-0.15, -0.1) is 0 Å². The van der Waals surface area contributed by atoms with E-state index in [4.69, 9.17) is 13.9 Å². The first kappa shape index (κ1) is 19.7. The van der Waals surface area contributed by atoms with Crippen molar-refractivity contribution in [3.05, 3.63) is 65.3 Å². The van der Waals surface area contributed by atoms with Gasteiger partial charge in [0, 0.05) is 20.3 Å². The van der Waals surface area contributed by atoms with Gasteiger partial charge in [-0.05, 0) is 43.2 Å².